The predicted octanol–water partition coefficient (Wildman–Crippen LogP) is 3.67. The van der Waals surface area contributed by atoms with Gasteiger partial charge in [-0.05, 0) is 45.9 Å². The van der Waals surface area contributed by atoms with E-state index in [0.29, 0.717) is 36.8 Å². The highest BCUT2D eigenvalue weighted by Crippen LogP contribution is 2.35. The van der Waals surface area contributed by atoms with Gasteiger partial charge in [0.2, 0.25) is 0 Å². The molecule has 0 unspecified atom stereocenters. The van der Waals surface area contributed by atoms with Crippen LogP contribution in [-0.2, 0) is 22.6 Å². The van der Waals surface area contributed by atoms with Gasteiger partial charge in [0.05, 0.1) is 41.9 Å². The van der Waals surface area contributed by atoms with E-state index in [-0.39, 0.29) is 0 Å². The highest BCUT2D eigenvalue weighted by molar-refractivity contribution is 5.92. The molecule has 1 aromatic heterocycles. The standard InChI is InChI=1S/C20H28N4O4/c1-7-28-11-17-22-13(2)18(24(17)12-20(3,4)26)15-9-8-14(19(25)27-6)10-16(15)23-21-5/h8-10,26H,7,11-12H2,1-6H3. The van der Waals surface area contributed by atoms with Crippen molar-refractivity contribution >= 4 is 11.7 Å². The first-order valence-electron chi connectivity index (χ1n) is 9.10. The molecule has 28 heavy (non-hydrogen) atoms. The van der Waals surface area contributed by atoms with Crippen molar-refractivity contribution in [1.82, 2.24) is 9.55 Å². The summed E-state index contributed by atoms with van der Waals surface area (Å²) in [6.45, 7) is 8.51. The van der Waals surface area contributed by atoms with E-state index in [0.717, 1.165) is 17.0 Å². The number of aromatic nitrogens is 2. The van der Waals surface area contributed by atoms with E-state index in [4.69, 9.17) is 9.47 Å². The predicted molar refractivity (Wildman–Crippen MR) is 106 cm³/mol. The number of esters is 1. The second kappa shape index (κ2) is 9.07. The lowest BCUT2D eigenvalue weighted by molar-refractivity contribution is 0.0572. The minimum absolute atomic E-state index is 0.326. The summed E-state index contributed by atoms with van der Waals surface area (Å²) in [5, 5.41) is 18.5. The van der Waals surface area contributed by atoms with Gasteiger partial charge in [-0.3, -0.25) is 0 Å². The SMILES string of the molecule is CCOCc1nc(C)c(-c2ccc(C(=O)OC)cc2N=NC)n1CC(C)(C)O. The monoisotopic (exact) mass is 388 g/mol. The summed E-state index contributed by atoms with van der Waals surface area (Å²) in [6, 6.07) is 5.11. The third-order valence-electron chi connectivity index (χ3n) is 4.08. The van der Waals surface area contributed by atoms with Crippen LogP contribution in [0.4, 0.5) is 5.69 Å². The van der Waals surface area contributed by atoms with Gasteiger partial charge < -0.3 is 19.1 Å². The maximum Gasteiger partial charge on any atom is 0.337 e. The van der Waals surface area contributed by atoms with E-state index in [1.54, 1.807) is 39.1 Å². The second-order valence-electron chi connectivity index (χ2n) is 7.02. The molecule has 1 heterocycles. The zero-order chi connectivity index (χ0) is 20.9. The maximum absolute atomic E-state index is 11.9. The first kappa shape index (κ1) is 21.7. The molecule has 1 aromatic carbocycles. The Morgan fingerprint density at radius 1 is 1.36 bits per heavy atom. The summed E-state index contributed by atoms with van der Waals surface area (Å²) in [7, 11) is 2.90. The number of carbonyl (C=O) groups excluding carboxylic acids is 1. The van der Waals surface area contributed by atoms with Crippen molar-refractivity contribution in [2.75, 3.05) is 20.8 Å². The van der Waals surface area contributed by atoms with Crippen molar-refractivity contribution in [3.8, 4) is 11.3 Å². The zero-order valence-electron chi connectivity index (χ0n) is 17.3. The molecule has 0 spiro atoms. The Morgan fingerprint density at radius 3 is 2.64 bits per heavy atom. The van der Waals surface area contributed by atoms with E-state index in [1.807, 2.05) is 18.4 Å². The summed E-state index contributed by atoms with van der Waals surface area (Å²) < 4.78 is 12.3. The van der Waals surface area contributed by atoms with E-state index >= 15 is 0 Å². The van der Waals surface area contributed by atoms with Crippen LogP contribution in [0.2, 0.25) is 0 Å². The van der Waals surface area contributed by atoms with Gasteiger partial charge in [-0.2, -0.15) is 10.2 Å². The molecule has 0 aliphatic heterocycles. The molecule has 2 rings (SSSR count). The molecule has 0 saturated carbocycles. The average Bonchev–Trinajstić information content (AvgIpc) is 2.93. The van der Waals surface area contributed by atoms with Gasteiger partial charge in [-0.15, -0.1) is 0 Å². The van der Waals surface area contributed by atoms with Crippen molar-refractivity contribution in [3.63, 3.8) is 0 Å². The quantitative estimate of drug-likeness (QED) is 0.550. The number of hydrogen-bond donors (Lipinski definition) is 1. The van der Waals surface area contributed by atoms with Gasteiger partial charge in [0.15, 0.2) is 0 Å². The molecule has 152 valence electrons. The van der Waals surface area contributed by atoms with E-state index in [2.05, 4.69) is 15.2 Å². The van der Waals surface area contributed by atoms with Crippen molar-refractivity contribution in [3.05, 3.63) is 35.3 Å². The molecule has 8 heteroatoms. The van der Waals surface area contributed by atoms with E-state index in [9.17, 15) is 9.90 Å². The molecule has 0 aliphatic carbocycles. The summed E-state index contributed by atoms with van der Waals surface area (Å²) in [6.07, 6.45) is 0. The summed E-state index contributed by atoms with van der Waals surface area (Å²) in [4.78, 5) is 16.5. The number of azo groups is 1. The first-order valence-corrected chi connectivity index (χ1v) is 9.10. The molecule has 0 bridgehead atoms. The van der Waals surface area contributed by atoms with Crippen molar-refractivity contribution < 1.29 is 19.4 Å². The number of aliphatic hydroxyl groups is 1. The lowest BCUT2D eigenvalue weighted by Gasteiger charge is -2.22. The molecule has 1 N–H and O–H groups in total. The molecule has 2 aromatic rings. The van der Waals surface area contributed by atoms with Crippen molar-refractivity contribution in [2.45, 2.75) is 46.4 Å². The van der Waals surface area contributed by atoms with Crippen LogP contribution >= 0.6 is 0 Å². The molecule has 0 atom stereocenters. The van der Waals surface area contributed by atoms with Crippen LogP contribution in [0.25, 0.3) is 11.3 Å². The first-order chi connectivity index (χ1) is 13.2. The number of hydrogen-bond acceptors (Lipinski definition) is 7. The number of carbonyl (C=O) groups is 1. The minimum Gasteiger partial charge on any atom is -0.465 e. The highest BCUT2D eigenvalue weighted by Gasteiger charge is 2.24. The lowest BCUT2D eigenvalue weighted by Crippen LogP contribution is -2.27. The normalized spacial score (nSPS) is 12.0. The zero-order valence-corrected chi connectivity index (χ0v) is 17.3. The number of methoxy groups -OCH3 is 1. The molecule has 0 amide bonds. The molecular weight excluding hydrogens is 360 g/mol. The van der Waals surface area contributed by atoms with Gasteiger partial charge in [0.1, 0.15) is 12.4 Å². The van der Waals surface area contributed by atoms with Crippen LogP contribution in [0.15, 0.2) is 28.4 Å². The number of rotatable bonds is 8. The van der Waals surface area contributed by atoms with Crippen molar-refractivity contribution in [1.29, 1.82) is 0 Å². The van der Waals surface area contributed by atoms with Crippen LogP contribution in [0, 0.1) is 6.92 Å². The number of nitrogens with zero attached hydrogens (tertiary/aromatic N) is 4. The Bertz CT molecular complexity index is 866. The fraction of sp³-hybridized carbons (Fsp3) is 0.500. The van der Waals surface area contributed by atoms with Gasteiger partial charge in [-0.1, -0.05) is 0 Å². The third kappa shape index (κ3) is 5.02. The topological polar surface area (TPSA) is 98.3 Å². The number of aryl methyl sites for hydroxylation is 1. The summed E-state index contributed by atoms with van der Waals surface area (Å²) in [5.74, 6) is 0.269. The maximum atomic E-state index is 11.9. The second-order valence-corrected chi connectivity index (χ2v) is 7.02. The van der Waals surface area contributed by atoms with Gasteiger partial charge >= 0.3 is 5.97 Å². The Morgan fingerprint density at radius 2 is 2.07 bits per heavy atom. The van der Waals surface area contributed by atoms with Crippen LogP contribution in [0.5, 0.6) is 0 Å². The van der Waals surface area contributed by atoms with Gasteiger partial charge in [0, 0.05) is 19.2 Å². The highest BCUT2D eigenvalue weighted by atomic mass is 16.5. The smallest absolute Gasteiger partial charge is 0.337 e. The largest absolute Gasteiger partial charge is 0.465 e. The summed E-state index contributed by atoms with van der Waals surface area (Å²) >= 11 is 0. The van der Waals surface area contributed by atoms with E-state index < -0.39 is 11.6 Å². The molecule has 0 saturated heterocycles. The summed E-state index contributed by atoms with van der Waals surface area (Å²) in [5.41, 5.74) is 2.28. The van der Waals surface area contributed by atoms with Crippen LogP contribution < -0.4 is 0 Å². The molecule has 0 aliphatic rings. The minimum atomic E-state index is -0.957. The van der Waals surface area contributed by atoms with Gasteiger partial charge in [-0.25, -0.2) is 9.78 Å². The molecular formula is C20H28N4O4. The Hall–Kier alpha value is -2.58. The Labute approximate surface area is 165 Å². The number of imidazole rings is 1. The Balaban J connectivity index is 2.68. The lowest BCUT2D eigenvalue weighted by atomic mass is 10.0. The molecule has 0 fully saturated rings. The fourth-order valence-corrected chi connectivity index (χ4v) is 3.00. The molecule has 0 radical (unpaired) electrons. The van der Waals surface area contributed by atoms with Crippen molar-refractivity contribution in [2.24, 2.45) is 10.2 Å². The van der Waals surface area contributed by atoms with Crippen LogP contribution in [0.1, 0.15) is 42.6 Å². The van der Waals surface area contributed by atoms with E-state index in [1.165, 1.54) is 7.11 Å². The fourth-order valence-electron chi connectivity index (χ4n) is 3.00. The van der Waals surface area contributed by atoms with Crippen LogP contribution in [-0.4, -0.2) is 47.0 Å². The number of ether oxygens (including phenoxy) is 2. The van der Waals surface area contributed by atoms with Gasteiger partial charge in [0.25, 0.3) is 0 Å². The third-order valence-corrected chi connectivity index (χ3v) is 4.08. The average molecular weight is 388 g/mol. The Kier molecular flexibility index (Phi) is 7.04. The number of benzene rings is 1. The van der Waals surface area contributed by atoms with Crippen LogP contribution in [0.3, 0.4) is 0 Å². The molecule has 8 nitrogen and oxygen atoms in total.